The number of hydrogen-bond acceptors (Lipinski definition) is 5. The summed E-state index contributed by atoms with van der Waals surface area (Å²) >= 11 is 0. The number of aryl methyl sites for hydroxylation is 1. The summed E-state index contributed by atoms with van der Waals surface area (Å²) in [6.07, 6.45) is 2.72. The van der Waals surface area contributed by atoms with Crippen molar-refractivity contribution >= 4 is 11.8 Å². The van der Waals surface area contributed by atoms with E-state index in [4.69, 9.17) is 14.2 Å². The van der Waals surface area contributed by atoms with Crippen LogP contribution in [-0.2, 0) is 22.6 Å². The van der Waals surface area contributed by atoms with Crippen LogP contribution >= 0.6 is 0 Å². The molecule has 0 bridgehead atoms. The number of hydrogen-bond donors (Lipinski definition) is 1. The third kappa shape index (κ3) is 8.81. The molecule has 0 unspecified atom stereocenters. The molecule has 1 N–H and O–H groups in total. The molecule has 0 spiro atoms. The van der Waals surface area contributed by atoms with Gasteiger partial charge in [-0.3, -0.25) is 9.59 Å². The smallest absolute Gasteiger partial charge is 0.242 e. The Kier molecular flexibility index (Phi) is 11.9. The summed E-state index contributed by atoms with van der Waals surface area (Å²) in [7, 11) is 1.62. The molecule has 0 aliphatic rings. The summed E-state index contributed by atoms with van der Waals surface area (Å²) in [4.78, 5) is 27.8. The minimum atomic E-state index is -0.583. The van der Waals surface area contributed by atoms with Crippen molar-refractivity contribution in [3.8, 4) is 17.2 Å². The molecular formula is C28H40N2O5. The summed E-state index contributed by atoms with van der Waals surface area (Å²) in [6, 6.07) is 12.7. The van der Waals surface area contributed by atoms with Gasteiger partial charge in [0.05, 0.1) is 20.3 Å². The van der Waals surface area contributed by atoms with Crippen molar-refractivity contribution in [1.29, 1.82) is 0 Å². The Morgan fingerprint density at radius 3 is 2.23 bits per heavy atom. The van der Waals surface area contributed by atoms with Crippen LogP contribution in [0.5, 0.6) is 17.2 Å². The van der Waals surface area contributed by atoms with E-state index in [0.29, 0.717) is 44.2 Å². The molecule has 7 nitrogen and oxygen atoms in total. The molecule has 2 rings (SSSR count). The molecule has 1 atom stereocenters. The number of nitrogens with zero attached hydrogens (tertiary/aromatic N) is 1. The maximum absolute atomic E-state index is 13.4. The summed E-state index contributed by atoms with van der Waals surface area (Å²) in [5.74, 6) is 1.91. The van der Waals surface area contributed by atoms with E-state index in [2.05, 4.69) is 12.2 Å². The molecule has 192 valence electrons. The summed E-state index contributed by atoms with van der Waals surface area (Å²) in [5.41, 5.74) is 1.92. The van der Waals surface area contributed by atoms with Crippen LogP contribution in [0.15, 0.2) is 42.5 Å². The van der Waals surface area contributed by atoms with Crippen LogP contribution in [0.1, 0.15) is 58.1 Å². The quantitative estimate of drug-likeness (QED) is 0.369. The molecular weight excluding hydrogens is 444 g/mol. The van der Waals surface area contributed by atoms with Gasteiger partial charge in [-0.25, -0.2) is 0 Å². The Morgan fingerprint density at radius 2 is 1.60 bits per heavy atom. The van der Waals surface area contributed by atoms with Gasteiger partial charge in [-0.05, 0) is 69.0 Å². The fourth-order valence-corrected chi connectivity index (χ4v) is 3.69. The van der Waals surface area contributed by atoms with Crippen LogP contribution in [0.4, 0.5) is 0 Å². The number of carbonyl (C=O) groups is 2. The molecule has 0 aliphatic carbocycles. The SMILES string of the molecule is CCCCNC(=O)[C@@H](C)N(Cc1ccc(OC)cc1)C(=O)CCc1ccc(OCC)c(OCC)c1. The Morgan fingerprint density at radius 1 is 0.943 bits per heavy atom. The molecule has 0 aliphatic heterocycles. The standard InChI is InChI=1S/C28H40N2O5/c1-6-9-18-29-28(32)21(4)30(20-23-10-14-24(33-5)15-11-23)27(31)17-13-22-12-16-25(34-7-2)26(19-22)35-8-3/h10-12,14-16,19,21H,6-9,13,17-18,20H2,1-5H3,(H,29,32)/t21-/m1/s1. The van der Waals surface area contributed by atoms with E-state index in [1.807, 2.05) is 56.3 Å². The lowest BCUT2D eigenvalue weighted by molar-refractivity contribution is -0.140. The van der Waals surface area contributed by atoms with Crippen LogP contribution in [0, 0.1) is 0 Å². The van der Waals surface area contributed by atoms with Gasteiger partial charge >= 0.3 is 0 Å². The highest BCUT2D eigenvalue weighted by Gasteiger charge is 2.26. The number of amides is 2. The lowest BCUT2D eigenvalue weighted by Gasteiger charge is -2.29. The topological polar surface area (TPSA) is 77.1 Å². The predicted molar refractivity (Wildman–Crippen MR) is 138 cm³/mol. The highest BCUT2D eigenvalue weighted by Crippen LogP contribution is 2.29. The zero-order valence-corrected chi connectivity index (χ0v) is 21.8. The van der Waals surface area contributed by atoms with Gasteiger partial charge in [0.25, 0.3) is 0 Å². The van der Waals surface area contributed by atoms with Crippen molar-refractivity contribution in [3.05, 3.63) is 53.6 Å². The van der Waals surface area contributed by atoms with Gasteiger partial charge in [0.2, 0.25) is 11.8 Å². The number of ether oxygens (including phenoxy) is 3. The number of methoxy groups -OCH3 is 1. The summed E-state index contributed by atoms with van der Waals surface area (Å²) in [6.45, 7) is 9.75. The van der Waals surface area contributed by atoms with Gasteiger partial charge in [0, 0.05) is 19.5 Å². The number of benzene rings is 2. The molecule has 7 heteroatoms. The van der Waals surface area contributed by atoms with Gasteiger partial charge < -0.3 is 24.4 Å². The van der Waals surface area contributed by atoms with Crippen LogP contribution in [0.3, 0.4) is 0 Å². The summed E-state index contributed by atoms with van der Waals surface area (Å²) in [5, 5.41) is 2.95. The zero-order valence-electron chi connectivity index (χ0n) is 21.8. The lowest BCUT2D eigenvalue weighted by atomic mass is 10.1. The minimum Gasteiger partial charge on any atom is -0.497 e. The fourth-order valence-electron chi connectivity index (χ4n) is 3.69. The highest BCUT2D eigenvalue weighted by molar-refractivity contribution is 5.87. The zero-order chi connectivity index (χ0) is 25.6. The second-order valence-electron chi connectivity index (χ2n) is 8.34. The monoisotopic (exact) mass is 484 g/mol. The van der Waals surface area contributed by atoms with Crippen LogP contribution in [0.25, 0.3) is 0 Å². The second-order valence-corrected chi connectivity index (χ2v) is 8.34. The first-order valence-corrected chi connectivity index (χ1v) is 12.5. The van der Waals surface area contributed by atoms with E-state index in [0.717, 1.165) is 29.7 Å². The molecule has 0 fully saturated rings. The Balaban J connectivity index is 2.15. The summed E-state index contributed by atoms with van der Waals surface area (Å²) < 4.78 is 16.6. The first-order valence-electron chi connectivity index (χ1n) is 12.5. The number of rotatable bonds is 15. The van der Waals surface area contributed by atoms with Gasteiger partial charge in [0.15, 0.2) is 11.5 Å². The van der Waals surface area contributed by atoms with Crippen molar-refractivity contribution in [3.63, 3.8) is 0 Å². The van der Waals surface area contributed by atoms with Crippen molar-refractivity contribution in [2.75, 3.05) is 26.9 Å². The average Bonchev–Trinajstić information content (AvgIpc) is 2.87. The Bertz CT molecular complexity index is 929. The van der Waals surface area contributed by atoms with Crippen molar-refractivity contribution in [2.45, 2.75) is 66.0 Å². The first-order chi connectivity index (χ1) is 16.9. The van der Waals surface area contributed by atoms with E-state index >= 15 is 0 Å². The number of nitrogens with one attached hydrogen (secondary N) is 1. The van der Waals surface area contributed by atoms with Gasteiger partial charge in [-0.15, -0.1) is 0 Å². The van der Waals surface area contributed by atoms with Crippen LogP contribution < -0.4 is 19.5 Å². The largest absolute Gasteiger partial charge is 0.497 e. The third-order valence-corrected chi connectivity index (χ3v) is 5.74. The first kappa shape index (κ1) is 28.0. The van der Waals surface area contributed by atoms with Crippen LogP contribution in [-0.4, -0.2) is 49.6 Å². The average molecular weight is 485 g/mol. The molecule has 35 heavy (non-hydrogen) atoms. The molecule has 2 aromatic carbocycles. The number of carbonyl (C=O) groups excluding carboxylic acids is 2. The molecule has 2 aromatic rings. The normalized spacial score (nSPS) is 11.5. The van der Waals surface area contributed by atoms with Gasteiger partial charge in [-0.1, -0.05) is 31.5 Å². The van der Waals surface area contributed by atoms with Crippen molar-refractivity contribution < 1.29 is 23.8 Å². The molecule has 0 heterocycles. The van der Waals surface area contributed by atoms with Crippen molar-refractivity contribution in [2.24, 2.45) is 0 Å². The van der Waals surface area contributed by atoms with E-state index < -0.39 is 6.04 Å². The Hall–Kier alpha value is -3.22. The van der Waals surface area contributed by atoms with Gasteiger partial charge in [0.1, 0.15) is 11.8 Å². The maximum atomic E-state index is 13.4. The molecule has 0 saturated heterocycles. The lowest BCUT2D eigenvalue weighted by Crippen LogP contribution is -2.47. The predicted octanol–water partition coefficient (Wildman–Crippen LogP) is 4.76. The van der Waals surface area contributed by atoms with Gasteiger partial charge in [-0.2, -0.15) is 0 Å². The van der Waals surface area contributed by atoms with E-state index in [9.17, 15) is 9.59 Å². The fraction of sp³-hybridized carbons (Fsp3) is 0.500. The van der Waals surface area contributed by atoms with Crippen LogP contribution in [0.2, 0.25) is 0 Å². The van der Waals surface area contributed by atoms with Crippen molar-refractivity contribution in [1.82, 2.24) is 10.2 Å². The Labute approximate surface area is 209 Å². The minimum absolute atomic E-state index is 0.0780. The molecule has 0 saturated carbocycles. The third-order valence-electron chi connectivity index (χ3n) is 5.74. The molecule has 2 amide bonds. The molecule has 0 radical (unpaired) electrons. The van der Waals surface area contributed by atoms with E-state index in [1.165, 1.54) is 0 Å². The second kappa shape index (κ2) is 14.9. The number of unbranched alkanes of at least 4 members (excludes halogenated alkanes) is 1. The maximum Gasteiger partial charge on any atom is 0.242 e. The van der Waals surface area contributed by atoms with E-state index in [-0.39, 0.29) is 18.2 Å². The van der Waals surface area contributed by atoms with E-state index in [1.54, 1.807) is 18.9 Å². The molecule has 0 aromatic heterocycles. The highest BCUT2D eigenvalue weighted by atomic mass is 16.5.